The molecular weight excluding hydrogens is 201 g/mol. The van der Waals surface area contributed by atoms with Crippen molar-refractivity contribution in [1.82, 2.24) is 5.32 Å². The molecule has 1 rings (SSSR count). The van der Waals surface area contributed by atoms with Crippen LogP contribution in [0.25, 0.3) is 0 Å². The molecule has 0 bridgehead atoms. The molecule has 1 nitrogen and oxygen atoms in total. The van der Waals surface area contributed by atoms with Crippen molar-refractivity contribution in [1.29, 1.82) is 0 Å². The molecule has 86 valence electrons. The number of halogens is 1. The predicted octanol–water partition coefficient (Wildman–Crippen LogP) is 2.76. The van der Waals surface area contributed by atoms with E-state index < -0.39 is 0 Å². The molecule has 0 spiro atoms. The lowest BCUT2D eigenvalue weighted by Gasteiger charge is -2.11. The molecule has 0 aliphatic heterocycles. The van der Waals surface area contributed by atoms with Crippen LogP contribution >= 0.6 is 0 Å². The van der Waals surface area contributed by atoms with Gasteiger partial charge >= 0.3 is 0 Å². The van der Waals surface area contributed by atoms with Gasteiger partial charge in [0.1, 0.15) is 5.82 Å². The maximum absolute atomic E-state index is 12.9. The van der Waals surface area contributed by atoms with Crippen LogP contribution < -0.4 is 5.32 Å². The van der Waals surface area contributed by atoms with Gasteiger partial charge in [-0.15, -0.1) is 5.92 Å². The molecule has 0 aliphatic rings. The van der Waals surface area contributed by atoms with E-state index in [1.807, 2.05) is 13.0 Å². The van der Waals surface area contributed by atoms with Crippen molar-refractivity contribution in [2.45, 2.75) is 32.7 Å². The van der Waals surface area contributed by atoms with E-state index in [9.17, 15) is 4.39 Å². The summed E-state index contributed by atoms with van der Waals surface area (Å²) in [5, 5.41) is 3.30. The molecule has 1 aromatic carbocycles. The summed E-state index contributed by atoms with van der Waals surface area (Å²) >= 11 is 0. The van der Waals surface area contributed by atoms with Gasteiger partial charge in [-0.1, -0.05) is 18.1 Å². The van der Waals surface area contributed by atoms with Crippen molar-refractivity contribution < 1.29 is 4.39 Å². The topological polar surface area (TPSA) is 12.0 Å². The van der Waals surface area contributed by atoms with Crippen molar-refractivity contribution in [3.63, 3.8) is 0 Å². The van der Waals surface area contributed by atoms with Crippen LogP contribution in [0, 0.1) is 17.7 Å². The summed E-state index contributed by atoms with van der Waals surface area (Å²) in [4.78, 5) is 0. The van der Waals surface area contributed by atoms with E-state index in [0.717, 1.165) is 24.9 Å². The van der Waals surface area contributed by atoms with E-state index in [2.05, 4.69) is 24.1 Å². The van der Waals surface area contributed by atoms with Crippen molar-refractivity contribution in [3.8, 4) is 11.8 Å². The van der Waals surface area contributed by atoms with Crippen LogP contribution in [0.5, 0.6) is 0 Å². The zero-order valence-electron chi connectivity index (χ0n) is 9.89. The van der Waals surface area contributed by atoms with Crippen molar-refractivity contribution in [2.24, 2.45) is 0 Å². The van der Waals surface area contributed by atoms with Gasteiger partial charge in [-0.2, -0.15) is 0 Å². The van der Waals surface area contributed by atoms with Crippen LogP contribution in [0.1, 0.15) is 25.8 Å². The van der Waals surface area contributed by atoms with Crippen LogP contribution in [-0.2, 0) is 6.42 Å². The monoisotopic (exact) mass is 219 g/mol. The number of aryl methyl sites for hydroxylation is 1. The second kappa shape index (κ2) is 7.03. The molecule has 1 aromatic rings. The Balaban J connectivity index is 2.30. The predicted molar refractivity (Wildman–Crippen MR) is 65.6 cm³/mol. The van der Waals surface area contributed by atoms with Crippen LogP contribution in [0.2, 0.25) is 0 Å². The third-order valence-corrected chi connectivity index (χ3v) is 2.47. The first-order valence-electron chi connectivity index (χ1n) is 5.60. The number of rotatable bonds is 5. The van der Waals surface area contributed by atoms with E-state index in [-0.39, 0.29) is 5.82 Å². The van der Waals surface area contributed by atoms with Gasteiger partial charge in [-0.05, 0) is 44.4 Å². The Bertz CT molecular complexity index is 376. The van der Waals surface area contributed by atoms with Gasteiger partial charge in [0, 0.05) is 6.04 Å². The highest BCUT2D eigenvalue weighted by Crippen LogP contribution is 2.07. The lowest BCUT2D eigenvalue weighted by molar-refractivity contribution is 0.545. The molecule has 1 N–H and O–H groups in total. The largest absolute Gasteiger partial charge is 0.304 e. The second-order valence-electron chi connectivity index (χ2n) is 3.88. The lowest BCUT2D eigenvalue weighted by Crippen LogP contribution is -2.26. The third-order valence-electron chi connectivity index (χ3n) is 2.47. The standard InChI is InChI=1S/C14H18FN/c1-3-4-10-16-12(2)8-9-13-6-5-7-14(15)11-13/h5-7,11-12,16H,8-10H2,1-2H3. The van der Waals surface area contributed by atoms with Crippen molar-refractivity contribution in [2.75, 3.05) is 6.54 Å². The van der Waals surface area contributed by atoms with Gasteiger partial charge in [0.15, 0.2) is 0 Å². The van der Waals surface area contributed by atoms with E-state index >= 15 is 0 Å². The zero-order valence-corrected chi connectivity index (χ0v) is 9.89. The molecule has 0 saturated carbocycles. The summed E-state index contributed by atoms with van der Waals surface area (Å²) in [5.41, 5.74) is 1.05. The molecule has 0 saturated heterocycles. The van der Waals surface area contributed by atoms with E-state index in [4.69, 9.17) is 0 Å². The number of hydrogen-bond acceptors (Lipinski definition) is 1. The highest BCUT2D eigenvalue weighted by atomic mass is 19.1. The maximum Gasteiger partial charge on any atom is 0.123 e. The Morgan fingerprint density at radius 3 is 2.94 bits per heavy atom. The minimum atomic E-state index is -0.157. The Morgan fingerprint density at radius 1 is 1.44 bits per heavy atom. The summed E-state index contributed by atoms with van der Waals surface area (Å²) in [6.07, 6.45) is 1.89. The van der Waals surface area contributed by atoms with E-state index in [1.165, 1.54) is 6.07 Å². The molecule has 0 fully saturated rings. The number of nitrogens with one attached hydrogen (secondary N) is 1. The van der Waals surface area contributed by atoms with Gasteiger partial charge in [-0.3, -0.25) is 0 Å². The van der Waals surface area contributed by atoms with Gasteiger partial charge in [0.2, 0.25) is 0 Å². The zero-order chi connectivity index (χ0) is 11.8. The van der Waals surface area contributed by atoms with Crippen LogP contribution in [0.3, 0.4) is 0 Å². The first kappa shape index (κ1) is 12.7. The number of hydrogen-bond donors (Lipinski definition) is 1. The SMILES string of the molecule is CC#CCNC(C)CCc1cccc(F)c1. The molecule has 0 aromatic heterocycles. The summed E-state index contributed by atoms with van der Waals surface area (Å²) in [5.74, 6) is 5.65. The first-order chi connectivity index (χ1) is 7.72. The molecular formula is C14H18FN. The fourth-order valence-corrected chi connectivity index (χ4v) is 1.49. The smallest absolute Gasteiger partial charge is 0.123 e. The normalized spacial score (nSPS) is 11.7. The second-order valence-corrected chi connectivity index (χ2v) is 3.88. The summed E-state index contributed by atoms with van der Waals surface area (Å²) in [7, 11) is 0. The van der Waals surface area contributed by atoms with Gasteiger partial charge in [-0.25, -0.2) is 4.39 Å². The quantitative estimate of drug-likeness (QED) is 0.751. The molecule has 0 amide bonds. The van der Waals surface area contributed by atoms with E-state index in [0.29, 0.717) is 6.04 Å². The van der Waals surface area contributed by atoms with Crippen LogP contribution in [0.15, 0.2) is 24.3 Å². The number of benzene rings is 1. The average Bonchev–Trinajstić information content (AvgIpc) is 2.27. The highest BCUT2D eigenvalue weighted by molar-refractivity contribution is 5.16. The Labute approximate surface area is 97.1 Å². The van der Waals surface area contributed by atoms with Crippen LogP contribution in [-0.4, -0.2) is 12.6 Å². The summed E-state index contributed by atoms with van der Waals surface area (Å²) in [6.45, 7) is 4.68. The Hall–Kier alpha value is -1.33. The summed E-state index contributed by atoms with van der Waals surface area (Å²) in [6, 6.07) is 7.19. The first-order valence-corrected chi connectivity index (χ1v) is 5.60. The molecule has 0 aliphatic carbocycles. The average molecular weight is 219 g/mol. The van der Waals surface area contributed by atoms with Gasteiger partial charge < -0.3 is 5.32 Å². The molecule has 16 heavy (non-hydrogen) atoms. The third kappa shape index (κ3) is 4.95. The Kier molecular flexibility index (Phi) is 5.60. The van der Waals surface area contributed by atoms with E-state index in [1.54, 1.807) is 12.1 Å². The lowest BCUT2D eigenvalue weighted by atomic mass is 10.1. The fourth-order valence-electron chi connectivity index (χ4n) is 1.49. The molecule has 0 heterocycles. The van der Waals surface area contributed by atoms with Gasteiger partial charge in [0.05, 0.1) is 6.54 Å². The van der Waals surface area contributed by atoms with Gasteiger partial charge in [0.25, 0.3) is 0 Å². The minimum Gasteiger partial charge on any atom is -0.304 e. The highest BCUT2D eigenvalue weighted by Gasteiger charge is 2.01. The molecule has 1 atom stereocenters. The minimum absolute atomic E-state index is 0.157. The maximum atomic E-state index is 12.9. The summed E-state index contributed by atoms with van der Waals surface area (Å²) < 4.78 is 12.9. The molecule has 2 heteroatoms. The molecule has 1 unspecified atom stereocenters. The molecule has 0 radical (unpaired) electrons. The van der Waals surface area contributed by atoms with Crippen molar-refractivity contribution in [3.05, 3.63) is 35.6 Å². The fraction of sp³-hybridized carbons (Fsp3) is 0.429. The van der Waals surface area contributed by atoms with Crippen molar-refractivity contribution >= 4 is 0 Å². The van der Waals surface area contributed by atoms with Crippen LogP contribution in [0.4, 0.5) is 4.39 Å². The Morgan fingerprint density at radius 2 is 2.25 bits per heavy atom.